The molecule has 1 aliphatic rings. The molecule has 9 nitrogen and oxygen atoms in total. The molecule has 0 spiro atoms. The van der Waals surface area contributed by atoms with Gasteiger partial charge in [-0.15, -0.1) is 0 Å². The van der Waals surface area contributed by atoms with Crippen molar-refractivity contribution in [2.75, 3.05) is 26.8 Å². The van der Waals surface area contributed by atoms with Gasteiger partial charge in [0, 0.05) is 12.5 Å². The smallest absolute Gasteiger partial charge is 0.376 e. The number of nitro benzene ring substituents is 1. The van der Waals surface area contributed by atoms with E-state index in [2.05, 4.69) is 4.74 Å². The first-order valence-electron chi connectivity index (χ1n) is 8.97. The van der Waals surface area contributed by atoms with Crippen molar-refractivity contribution in [2.24, 2.45) is 0 Å². The first-order chi connectivity index (χ1) is 12.9. The second-order valence-electron chi connectivity index (χ2n) is 6.40. The number of carbonyl (C=O) groups excluding carboxylic acids is 1. The number of non-ortho nitro benzene ring substituents is 1. The molecule has 148 valence electrons. The molecule has 1 aliphatic heterocycles. The van der Waals surface area contributed by atoms with Crippen LogP contribution in [0.5, 0.6) is 11.5 Å². The fraction of sp³-hybridized carbons (Fsp3) is 0.588. The number of piperidine rings is 1. The lowest BCUT2D eigenvalue weighted by molar-refractivity contribution is -0.385. The van der Waals surface area contributed by atoms with Crippen molar-refractivity contribution in [3.05, 3.63) is 28.3 Å². The minimum atomic E-state index is -0.494. The minimum Gasteiger partial charge on any atom is -0.489 e. The Balaban J connectivity index is 1.99. The molecule has 1 fully saturated rings. The van der Waals surface area contributed by atoms with E-state index in [0.717, 1.165) is 12.8 Å². The van der Waals surface area contributed by atoms with Crippen molar-refractivity contribution in [3.8, 4) is 11.5 Å². The van der Waals surface area contributed by atoms with Gasteiger partial charge in [0.2, 0.25) is 0 Å². The van der Waals surface area contributed by atoms with E-state index in [1.54, 1.807) is 6.82 Å². The molecule has 1 aromatic rings. The fourth-order valence-electron chi connectivity index (χ4n) is 2.87. The van der Waals surface area contributed by atoms with Gasteiger partial charge in [-0.3, -0.25) is 14.9 Å². The number of methoxy groups -OCH3 is 1. The van der Waals surface area contributed by atoms with Crippen LogP contribution in [0.15, 0.2) is 18.2 Å². The Morgan fingerprint density at radius 3 is 2.67 bits per heavy atom. The average Bonchev–Trinajstić information content (AvgIpc) is 2.66. The van der Waals surface area contributed by atoms with Crippen LogP contribution in [0.1, 0.15) is 25.7 Å². The van der Waals surface area contributed by atoms with E-state index in [0.29, 0.717) is 25.3 Å². The van der Waals surface area contributed by atoms with Crippen LogP contribution in [-0.4, -0.2) is 60.7 Å². The van der Waals surface area contributed by atoms with Gasteiger partial charge in [0.25, 0.3) is 5.69 Å². The van der Waals surface area contributed by atoms with Crippen molar-refractivity contribution < 1.29 is 29.0 Å². The highest BCUT2D eigenvalue weighted by molar-refractivity contribution is 6.45. The van der Waals surface area contributed by atoms with Crippen LogP contribution in [-0.2, 0) is 9.53 Å². The average molecular weight is 380 g/mol. The van der Waals surface area contributed by atoms with Crippen LogP contribution < -0.4 is 9.47 Å². The summed E-state index contributed by atoms with van der Waals surface area (Å²) in [4.78, 5) is 23.7. The molecular weight excluding hydrogens is 355 g/mol. The van der Waals surface area contributed by atoms with E-state index in [4.69, 9.17) is 9.47 Å². The number of hydrogen-bond donors (Lipinski definition) is 1. The molecule has 1 N–H and O–H groups in total. The van der Waals surface area contributed by atoms with Crippen LogP contribution in [0.25, 0.3) is 0 Å². The van der Waals surface area contributed by atoms with E-state index in [1.165, 1.54) is 25.3 Å². The highest BCUT2D eigenvalue weighted by Gasteiger charge is 2.26. The Hall–Kier alpha value is -2.33. The minimum absolute atomic E-state index is 0.0566. The summed E-state index contributed by atoms with van der Waals surface area (Å²) in [6, 6.07) is 4.24. The molecule has 0 radical (unpaired) electrons. The number of nitrogens with zero attached hydrogens (tertiary/aromatic N) is 2. The standard InChI is InChI=1S/C17H25BN2O7/c1-18(22)19-9-7-14(8-10-19)27-15-6-5-13(20(23)24)12-16(15)26-11-3-4-17(21)25-2/h5-6,12,14,22H,3-4,7-11H2,1-2H3. The Morgan fingerprint density at radius 1 is 1.37 bits per heavy atom. The molecular formula is C17H25BN2O7. The van der Waals surface area contributed by atoms with Gasteiger partial charge in [-0.1, -0.05) is 0 Å². The maximum Gasteiger partial charge on any atom is 0.376 e. The van der Waals surface area contributed by atoms with Crippen molar-refractivity contribution in [1.82, 2.24) is 4.81 Å². The van der Waals surface area contributed by atoms with Crippen LogP contribution in [0, 0.1) is 10.1 Å². The summed E-state index contributed by atoms with van der Waals surface area (Å²) < 4.78 is 16.2. The predicted molar refractivity (Wildman–Crippen MR) is 98.9 cm³/mol. The zero-order valence-electron chi connectivity index (χ0n) is 15.6. The lowest BCUT2D eigenvalue weighted by Crippen LogP contribution is -2.45. The van der Waals surface area contributed by atoms with Crippen molar-refractivity contribution >= 4 is 18.7 Å². The van der Waals surface area contributed by atoms with Crippen LogP contribution in [0.3, 0.4) is 0 Å². The predicted octanol–water partition coefficient (Wildman–Crippen LogP) is 1.88. The van der Waals surface area contributed by atoms with Crippen molar-refractivity contribution in [2.45, 2.75) is 38.6 Å². The third-order valence-corrected chi connectivity index (χ3v) is 4.45. The first-order valence-corrected chi connectivity index (χ1v) is 8.97. The largest absolute Gasteiger partial charge is 0.489 e. The topological polar surface area (TPSA) is 111 Å². The Kier molecular flexibility index (Phi) is 7.87. The number of carbonyl (C=O) groups is 1. The lowest BCUT2D eigenvalue weighted by Gasteiger charge is -2.32. The molecule has 1 aromatic carbocycles. The monoisotopic (exact) mass is 380 g/mol. The second kappa shape index (κ2) is 10.1. The molecule has 0 bridgehead atoms. The highest BCUT2D eigenvalue weighted by atomic mass is 16.6. The van der Waals surface area contributed by atoms with E-state index < -0.39 is 12.0 Å². The SMILES string of the molecule is COC(=O)CCCOc1cc([N+](=O)[O-])ccc1OC1CCN(B(C)O)CC1. The highest BCUT2D eigenvalue weighted by Crippen LogP contribution is 2.33. The Morgan fingerprint density at radius 2 is 2.07 bits per heavy atom. The second-order valence-corrected chi connectivity index (χ2v) is 6.40. The maximum atomic E-state index is 11.2. The quantitative estimate of drug-likeness (QED) is 0.227. The number of esters is 1. The number of rotatable bonds is 9. The normalized spacial score (nSPS) is 15.2. The van der Waals surface area contributed by atoms with E-state index in [9.17, 15) is 19.9 Å². The number of nitro groups is 1. The van der Waals surface area contributed by atoms with E-state index in [1.807, 2.05) is 4.81 Å². The third kappa shape index (κ3) is 6.40. The van der Waals surface area contributed by atoms with Crippen LogP contribution in [0.2, 0.25) is 6.82 Å². The Bertz CT molecular complexity index is 648. The summed E-state index contributed by atoms with van der Waals surface area (Å²) in [5.41, 5.74) is -0.0887. The zero-order chi connectivity index (χ0) is 19.8. The molecule has 0 aromatic heterocycles. The van der Waals surface area contributed by atoms with Gasteiger partial charge in [0.05, 0.1) is 24.7 Å². The Labute approximate surface area is 158 Å². The molecule has 0 saturated carbocycles. The molecule has 0 aliphatic carbocycles. The molecule has 1 saturated heterocycles. The summed E-state index contributed by atoms with van der Waals surface area (Å²) >= 11 is 0. The van der Waals surface area contributed by atoms with Crippen molar-refractivity contribution in [3.63, 3.8) is 0 Å². The summed E-state index contributed by atoms with van der Waals surface area (Å²) in [5, 5.41) is 20.7. The third-order valence-electron chi connectivity index (χ3n) is 4.45. The molecule has 0 unspecified atom stereocenters. The molecule has 27 heavy (non-hydrogen) atoms. The van der Waals surface area contributed by atoms with E-state index in [-0.39, 0.29) is 36.5 Å². The van der Waals surface area contributed by atoms with Crippen LogP contribution >= 0.6 is 0 Å². The number of benzene rings is 1. The number of hydrogen-bond acceptors (Lipinski definition) is 8. The molecule has 0 atom stereocenters. The summed E-state index contributed by atoms with van der Waals surface area (Å²) in [7, 11) is 0.831. The first kappa shape index (κ1) is 21.0. The zero-order valence-corrected chi connectivity index (χ0v) is 15.6. The molecule has 10 heteroatoms. The molecule has 1 heterocycles. The van der Waals surface area contributed by atoms with Gasteiger partial charge in [0.1, 0.15) is 6.10 Å². The van der Waals surface area contributed by atoms with Crippen LogP contribution in [0.4, 0.5) is 5.69 Å². The lowest BCUT2D eigenvalue weighted by atomic mass is 9.82. The van der Waals surface area contributed by atoms with Gasteiger partial charge >= 0.3 is 13.0 Å². The van der Waals surface area contributed by atoms with Gasteiger partial charge in [0.15, 0.2) is 11.5 Å². The van der Waals surface area contributed by atoms with Crippen molar-refractivity contribution in [1.29, 1.82) is 0 Å². The summed E-state index contributed by atoms with van der Waals surface area (Å²) in [6.07, 6.45) is 2.06. The van der Waals surface area contributed by atoms with Gasteiger partial charge in [-0.05, 0) is 45.2 Å². The fourth-order valence-corrected chi connectivity index (χ4v) is 2.87. The van der Waals surface area contributed by atoms with Gasteiger partial charge in [-0.25, -0.2) is 0 Å². The van der Waals surface area contributed by atoms with Gasteiger partial charge < -0.3 is 24.0 Å². The van der Waals surface area contributed by atoms with Gasteiger partial charge in [-0.2, -0.15) is 0 Å². The summed E-state index contributed by atoms with van der Waals surface area (Å²) in [5.74, 6) is 0.389. The molecule has 2 rings (SSSR count). The number of ether oxygens (including phenoxy) is 3. The van der Waals surface area contributed by atoms with E-state index >= 15 is 0 Å². The maximum absolute atomic E-state index is 11.2. The molecule has 0 amide bonds. The summed E-state index contributed by atoms with van der Waals surface area (Å²) in [6.45, 7) is 3.38.